The summed E-state index contributed by atoms with van der Waals surface area (Å²) in [4.78, 5) is 26.3. The van der Waals surface area contributed by atoms with Crippen LogP contribution in [0, 0.1) is 0 Å². The smallest absolute Gasteiger partial charge is 0.305 e. The molecule has 0 saturated carbocycles. The molecule has 8 rings (SSSR count). The topological polar surface area (TPSA) is 188 Å². The maximum atomic E-state index is 14.6. The van der Waals surface area contributed by atoms with Gasteiger partial charge in [0, 0.05) is 25.0 Å². The van der Waals surface area contributed by atoms with Crippen molar-refractivity contribution in [3.8, 4) is 0 Å². The van der Waals surface area contributed by atoms with Crippen LogP contribution in [-0.2, 0) is 83.3 Å². The van der Waals surface area contributed by atoms with Crippen LogP contribution in [0.2, 0.25) is 0 Å². The van der Waals surface area contributed by atoms with Gasteiger partial charge in [-0.25, -0.2) is 0 Å². The lowest BCUT2D eigenvalue weighted by Gasteiger charge is -2.51. The van der Waals surface area contributed by atoms with E-state index in [0.29, 0.717) is 18.4 Å². The molecule has 426 valence electrons. The van der Waals surface area contributed by atoms with E-state index in [4.69, 9.17) is 52.1 Å². The third kappa shape index (κ3) is 18.0. The van der Waals surface area contributed by atoms with Crippen molar-refractivity contribution in [2.75, 3.05) is 20.3 Å². The zero-order chi connectivity index (χ0) is 55.2. The summed E-state index contributed by atoms with van der Waals surface area (Å²) in [5.74, 6) is -0.650. The number of benzene rings is 5. The molecule has 0 bridgehead atoms. The first-order valence-corrected chi connectivity index (χ1v) is 27.9. The first-order valence-electron chi connectivity index (χ1n) is 27.9. The third-order valence-corrected chi connectivity index (χ3v) is 14.4. The van der Waals surface area contributed by atoms with Gasteiger partial charge in [0.1, 0.15) is 48.8 Å². The molecule has 3 saturated heterocycles. The van der Waals surface area contributed by atoms with Crippen molar-refractivity contribution in [2.24, 2.45) is 0 Å². The van der Waals surface area contributed by atoms with Crippen molar-refractivity contribution < 1.29 is 71.9 Å². The summed E-state index contributed by atoms with van der Waals surface area (Å²) in [5.41, 5.74) is 4.09. The summed E-state index contributed by atoms with van der Waals surface area (Å²) in [6.45, 7) is 4.74. The minimum Gasteiger partial charge on any atom is -0.469 e. The molecule has 0 radical (unpaired) electrons. The second-order valence-electron chi connectivity index (χ2n) is 20.5. The van der Waals surface area contributed by atoms with E-state index in [0.717, 1.165) is 54.4 Å². The molecule has 5 aromatic carbocycles. The first kappa shape index (κ1) is 59.7. The second kappa shape index (κ2) is 31.5. The van der Waals surface area contributed by atoms with Gasteiger partial charge in [-0.05, 0) is 61.1 Å². The fourth-order valence-electron chi connectivity index (χ4n) is 10.2. The molecular formula is C63H79NO15. The average Bonchev–Trinajstić information content (AvgIpc) is 3.51. The van der Waals surface area contributed by atoms with Gasteiger partial charge in [-0.2, -0.15) is 0 Å². The van der Waals surface area contributed by atoms with Gasteiger partial charge in [0.15, 0.2) is 18.9 Å². The van der Waals surface area contributed by atoms with Crippen molar-refractivity contribution in [1.29, 1.82) is 0 Å². The molecule has 14 atom stereocenters. The summed E-state index contributed by atoms with van der Waals surface area (Å²) >= 11 is 0. The molecule has 0 aromatic heterocycles. The summed E-state index contributed by atoms with van der Waals surface area (Å²) in [7, 11) is 1.40. The van der Waals surface area contributed by atoms with E-state index in [1.807, 2.05) is 134 Å². The highest BCUT2D eigenvalue weighted by atomic mass is 16.8. The molecule has 0 spiro atoms. The fraction of sp³-hybridized carbons (Fsp3) is 0.492. The number of carbonyl (C=O) groups excluding carboxylic acids is 2. The SMILES string of the molecule is COC(=O)CCCCCCCCO[C@@H]1O[C@H](COCc2ccccc2)[C@@H](O[C@@H]2O[C@H](C)C[C@H](O)[C@H]2O)[C@H](O[C@@H]2O[C@@H](C)[C@@H](OCc3ccccc3)[C@@H](OCc3ccccc3)[C@@H]2OCc2ccccc2)[C@H]1NC(=O)c1ccccc1. The number of aliphatic hydroxyl groups excluding tert-OH is 2. The van der Waals surface area contributed by atoms with Gasteiger partial charge in [0.2, 0.25) is 0 Å². The number of hydrogen-bond donors (Lipinski definition) is 3. The zero-order valence-corrected chi connectivity index (χ0v) is 45.6. The van der Waals surface area contributed by atoms with Crippen LogP contribution in [0.25, 0.3) is 0 Å². The molecule has 3 heterocycles. The molecule has 79 heavy (non-hydrogen) atoms. The number of amides is 1. The van der Waals surface area contributed by atoms with Crippen LogP contribution in [0.1, 0.15) is 97.8 Å². The maximum absolute atomic E-state index is 14.6. The summed E-state index contributed by atoms with van der Waals surface area (Å²) < 4.78 is 73.3. The van der Waals surface area contributed by atoms with Gasteiger partial charge in [-0.1, -0.05) is 165 Å². The Morgan fingerprint density at radius 1 is 0.532 bits per heavy atom. The van der Waals surface area contributed by atoms with E-state index in [2.05, 4.69) is 5.32 Å². The van der Waals surface area contributed by atoms with Crippen LogP contribution in [0.15, 0.2) is 152 Å². The number of aliphatic hydroxyl groups is 2. The molecule has 0 aliphatic carbocycles. The Bertz CT molecular complexity index is 2500. The average molecular weight is 1090 g/mol. The highest BCUT2D eigenvalue weighted by molar-refractivity contribution is 5.94. The minimum atomic E-state index is -1.46. The van der Waals surface area contributed by atoms with Crippen molar-refractivity contribution in [3.63, 3.8) is 0 Å². The van der Waals surface area contributed by atoms with E-state index in [1.165, 1.54) is 7.11 Å². The van der Waals surface area contributed by atoms with Crippen LogP contribution in [0.3, 0.4) is 0 Å². The van der Waals surface area contributed by atoms with Crippen LogP contribution < -0.4 is 5.32 Å². The largest absolute Gasteiger partial charge is 0.469 e. The lowest BCUT2D eigenvalue weighted by Crippen LogP contribution is -2.69. The summed E-state index contributed by atoms with van der Waals surface area (Å²) in [6, 6.07) is 46.9. The highest BCUT2D eigenvalue weighted by Crippen LogP contribution is 2.37. The predicted molar refractivity (Wildman–Crippen MR) is 293 cm³/mol. The fourth-order valence-corrected chi connectivity index (χ4v) is 10.2. The van der Waals surface area contributed by atoms with E-state index < -0.39 is 91.9 Å². The number of hydrogen-bond acceptors (Lipinski definition) is 15. The first-order chi connectivity index (χ1) is 38.6. The van der Waals surface area contributed by atoms with Crippen LogP contribution >= 0.6 is 0 Å². The minimum absolute atomic E-state index is 0.0563. The van der Waals surface area contributed by atoms with Gasteiger partial charge in [0.05, 0.1) is 58.5 Å². The van der Waals surface area contributed by atoms with Gasteiger partial charge in [0.25, 0.3) is 5.91 Å². The van der Waals surface area contributed by atoms with Crippen molar-refractivity contribution in [1.82, 2.24) is 5.32 Å². The molecule has 1 amide bonds. The normalized spacial score (nSPS) is 28.0. The van der Waals surface area contributed by atoms with Crippen molar-refractivity contribution in [3.05, 3.63) is 179 Å². The number of methoxy groups -OCH3 is 1. The molecule has 16 nitrogen and oxygen atoms in total. The van der Waals surface area contributed by atoms with Crippen LogP contribution in [0.5, 0.6) is 0 Å². The Morgan fingerprint density at radius 2 is 1.04 bits per heavy atom. The monoisotopic (exact) mass is 1090 g/mol. The molecule has 3 fully saturated rings. The second-order valence-corrected chi connectivity index (χ2v) is 20.5. The number of carbonyl (C=O) groups is 2. The number of nitrogens with one attached hydrogen (secondary N) is 1. The Morgan fingerprint density at radius 3 is 1.62 bits per heavy atom. The molecule has 16 heteroatoms. The third-order valence-electron chi connectivity index (χ3n) is 14.4. The van der Waals surface area contributed by atoms with E-state index in [9.17, 15) is 19.8 Å². The van der Waals surface area contributed by atoms with Gasteiger partial charge < -0.3 is 67.6 Å². The van der Waals surface area contributed by atoms with E-state index in [1.54, 1.807) is 31.2 Å². The molecule has 3 N–H and O–H groups in total. The number of ether oxygens (including phenoxy) is 11. The summed E-state index contributed by atoms with van der Waals surface area (Å²) in [5, 5.41) is 26.0. The van der Waals surface area contributed by atoms with Crippen molar-refractivity contribution >= 4 is 11.9 Å². The van der Waals surface area contributed by atoms with E-state index >= 15 is 0 Å². The Labute approximate surface area is 464 Å². The molecule has 5 aromatic rings. The molecule has 3 aliphatic heterocycles. The lowest BCUT2D eigenvalue weighted by molar-refractivity contribution is -0.374. The maximum Gasteiger partial charge on any atom is 0.305 e. The number of unbranched alkanes of at least 4 members (excludes halogenated alkanes) is 5. The van der Waals surface area contributed by atoms with Gasteiger partial charge >= 0.3 is 5.97 Å². The van der Waals surface area contributed by atoms with Crippen LogP contribution in [-0.4, -0.2) is 128 Å². The predicted octanol–water partition coefficient (Wildman–Crippen LogP) is 8.78. The Balaban J connectivity index is 1.17. The quantitative estimate of drug-likeness (QED) is 0.0304. The molecule has 3 aliphatic rings. The number of rotatable bonds is 29. The highest BCUT2D eigenvalue weighted by Gasteiger charge is 2.55. The summed E-state index contributed by atoms with van der Waals surface area (Å²) in [6.07, 6.45) is -7.78. The van der Waals surface area contributed by atoms with Crippen LogP contribution in [0.4, 0.5) is 0 Å². The zero-order valence-electron chi connectivity index (χ0n) is 45.6. The standard InChI is InChI=1S/C63H79NO15/c1-43-37-50(65)54(67)62(75-43)78-56-51(42-70-38-45-25-13-8-14-26-45)77-61(71-36-24-7-5-4-6-23-35-52(66)69-3)53(64-60(68)49-33-21-12-22-34-49)57(56)79-63-59(74-41-48-31-19-11-20-32-48)58(73-40-47-29-17-10-18-30-47)55(44(2)76-63)72-39-46-27-15-9-16-28-46/h8-22,25-34,43-44,50-51,53-59,61-63,65,67H,4-7,23-24,35-42H2,1-3H3,(H,64,68)/t43-,44+,50+,51-,53-,54-,55-,56-,57-,58-,59+,61-,62+,63+/m1/s1. The molecular weight excluding hydrogens is 1010 g/mol. The lowest BCUT2D eigenvalue weighted by atomic mass is 9.94. The number of esters is 1. The van der Waals surface area contributed by atoms with Gasteiger partial charge in [-0.3, -0.25) is 9.59 Å². The Hall–Kier alpha value is -5.44. The van der Waals surface area contributed by atoms with Crippen molar-refractivity contribution in [2.45, 2.75) is 178 Å². The molecule has 0 unspecified atom stereocenters. The van der Waals surface area contributed by atoms with Gasteiger partial charge in [-0.15, -0.1) is 0 Å². The van der Waals surface area contributed by atoms with E-state index in [-0.39, 0.29) is 52.0 Å². The Kier molecular flexibility index (Phi) is 23.8.